The van der Waals surface area contributed by atoms with Crippen LogP contribution in [0.2, 0.25) is 0 Å². The number of anilines is 1. The molecule has 0 aromatic heterocycles. The smallest absolute Gasteiger partial charge is 0.294 e. The fraction of sp³-hybridized carbons (Fsp3) is 0.0800. The van der Waals surface area contributed by atoms with Crippen LogP contribution < -0.4 is 10.1 Å². The third-order valence-electron chi connectivity index (χ3n) is 5.13. The van der Waals surface area contributed by atoms with Gasteiger partial charge in [-0.05, 0) is 85.6 Å². The van der Waals surface area contributed by atoms with E-state index >= 15 is 0 Å². The first-order chi connectivity index (χ1) is 18.0. The second kappa shape index (κ2) is 11.7. The summed E-state index contributed by atoms with van der Waals surface area (Å²) >= 11 is 7.34. The van der Waals surface area contributed by atoms with Crippen LogP contribution in [0.5, 0.6) is 5.75 Å². The first-order valence-corrected chi connectivity index (χ1v) is 13.0. The fourth-order valence-corrected chi connectivity index (χ4v) is 5.60. The van der Waals surface area contributed by atoms with Crippen molar-refractivity contribution in [1.29, 1.82) is 0 Å². The summed E-state index contributed by atoms with van der Waals surface area (Å²) in [6.07, 6.45) is 1.42. The van der Waals surface area contributed by atoms with Crippen LogP contribution in [0.4, 0.5) is 28.0 Å². The molecule has 0 unspecified atom stereocenters. The van der Waals surface area contributed by atoms with Gasteiger partial charge in [0.25, 0.3) is 11.1 Å². The van der Waals surface area contributed by atoms with E-state index in [4.69, 9.17) is 4.74 Å². The molecule has 1 aliphatic rings. The molecule has 3 amide bonds. The van der Waals surface area contributed by atoms with E-state index in [2.05, 4.69) is 31.9 Å². The maximum atomic E-state index is 13.9. The van der Waals surface area contributed by atoms with Gasteiger partial charge in [0.2, 0.25) is 5.91 Å². The zero-order valence-electron chi connectivity index (χ0n) is 18.9. The Morgan fingerprint density at radius 3 is 2.34 bits per heavy atom. The first-order valence-electron chi connectivity index (χ1n) is 10.6. The molecule has 13 heteroatoms. The van der Waals surface area contributed by atoms with Gasteiger partial charge in [-0.2, -0.15) is 0 Å². The summed E-state index contributed by atoms with van der Waals surface area (Å²) in [6.45, 7) is -0.796. The Kier molecular flexibility index (Phi) is 8.58. The van der Waals surface area contributed by atoms with Gasteiger partial charge in [-0.25, -0.2) is 17.6 Å². The fourth-order valence-electron chi connectivity index (χ4n) is 3.31. The van der Waals surface area contributed by atoms with Crippen molar-refractivity contribution in [2.45, 2.75) is 6.61 Å². The molecule has 1 fully saturated rings. The highest BCUT2D eigenvalue weighted by Crippen LogP contribution is 2.38. The number of ether oxygens (including phenoxy) is 1. The van der Waals surface area contributed by atoms with Crippen LogP contribution >= 0.6 is 43.6 Å². The van der Waals surface area contributed by atoms with Crippen LogP contribution in [0.3, 0.4) is 0 Å². The van der Waals surface area contributed by atoms with Crippen LogP contribution in [-0.2, 0) is 16.2 Å². The SMILES string of the molecule is O=C(CN1C(=O)S/C(=C/c2cc(Br)c(OCc3ccccc3F)c(Br)c2)C1=O)Nc1ccc(F)c(F)c1F. The van der Waals surface area contributed by atoms with Gasteiger partial charge < -0.3 is 10.1 Å². The van der Waals surface area contributed by atoms with Crippen molar-refractivity contribution < 1.29 is 36.7 Å². The van der Waals surface area contributed by atoms with Gasteiger partial charge in [0, 0.05) is 5.56 Å². The van der Waals surface area contributed by atoms with E-state index in [9.17, 15) is 31.9 Å². The van der Waals surface area contributed by atoms with Gasteiger partial charge in [-0.1, -0.05) is 18.2 Å². The van der Waals surface area contributed by atoms with Crippen molar-refractivity contribution in [1.82, 2.24) is 4.90 Å². The number of amides is 3. The summed E-state index contributed by atoms with van der Waals surface area (Å²) in [6, 6.07) is 10.9. The second-order valence-corrected chi connectivity index (χ2v) is 10.4. The lowest BCUT2D eigenvalue weighted by atomic mass is 10.2. The highest BCUT2D eigenvalue weighted by atomic mass is 79.9. The molecule has 0 atom stereocenters. The number of thioether (sulfide) groups is 1. The number of benzene rings is 3. The minimum absolute atomic E-state index is 0.0145. The summed E-state index contributed by atoms with van der Waals surface area (Å²) in [5.41, 5.74) is 0.226. The number of halogens is 6. The number of nitrogens with one attached hydrogen (secondary N) is 1. The maximum Gasteiger partial charge on any atom is 0.294 e. The van der Waals surface area contributed by atoms with Crippen molar-refractivity contribution in [2.24, 2.45) is 0 Å². The molecule has 6 nitrogen and oxygen atoms in total. The van der Waals surface area contributed by atoms with Crippen LogP contribution in [0.25, 0.3) is 6.08 Å². The van der Waals surface area contributed by atoms with Crippen molar-refractivity contribution in [3.63, 3.8) is 0 Å². The molecule has 0 spiro atoms. The normalized spacial score (nSPS) is 14.4. The summed E-state index contributed by atoms with van der Waals surface area (Å²) in [5, 5.41) is 1.27. The molecule has 38 heavy (non-hydrogen) atoms. The van der Waals surface area contributed by atoms with Crippen molar-refractivity contribution in [3.05, 3.63) is 96.8 Å². The predicted molar refractivity (Wildman–Crippen MR) is 140 cm³/mol. The summed E-state index contributed by atoms with van der Waals surface area (Å²) in [7, 11) is 0. The van der Waals surface area contributed by atoms with Crippen molar-refractivity contribution in [2.75, 3.05) is 11.9 Å². The summed E-state index contributed by atoms with van der Waals surface area (Å²) in [4.78, 5) is 38.1. The highest BCUT2D eigenvalue weighted by molar-refractivity contribution is 9.11. The van der Waals surface area contributed by atoms with E-state index in [0.29, 0.717) is 48.6 Å². The van der Waals surface area contributed by atoms with E-state index in [1.807, 2.05) is 5.32 Å². The molecule has 1 aliphatic heterocycles. The molecule has 1 heterocycles. The third-order valence-corrected chi connectivity index (χ3v) is 7.22. The minimum atomic E-state index is -1.77. The second-order valence-electron chi connectivity index (χ2n) is 7.73. The van der Waals surface area contributed by atoms with Gasteiger partial charge in [0.05, 0.1) is 19.5 Å². The topological polar surface area (TPSA) is 75.7 Å². The van der Waals surface area contributed by atoms with Crippen LogP contribution in [0.15, 0.2) is 62.4 Å². The number of hydrogen-bond donors (Lipinski definition) is 1. The maximum absolute atomic E-state index is 13.9. The number of rotatable bonds is 7. The molecule has 4 rings (SSSR count). The number of carbonyl (C=O) groups excluding carboxylic acids is 3. The number of hydrogen-bond acceptors (Lipinski definition) is 5. The van der Waals surface area contributed by atoms with Crippen LogP contribution in [0, 0.1) is 23.3 Å². The first kappa shape index (κ1) is 27.9. The molecular formula is C25H14Br2F4N2O4S. The van der Waals surface area contributed by atoms with Gasteiger partial charge >= 0.3 is 0 Å². The largest absolute Gasteiger partial charge is 0.486 e. The number of nitrogens with zero attached hydrogens (tertiary/aromatic N) is 1. The lowest BCUT2D eigenvalue weighted by Crippen LogP contribution is -2.36. The lowest BCUT2D eigenvalue weighted by Gasteiger charge is -2.13. The Balaban J connectivity index is 1.45. The molecule has 196 valence electrons. The molecule has 0 saturated carbocycles. The van der Waals surface area contributed by atoms with E-state index in [0.717, 1.165) is 6.07 Å². The average Bonchev–Trinajstić information content (AvgIpc) is 3.12. The van der Waals surface area contributed by atoms with Crippen molar-refractivity contribution >= 4 is 72.4 Å². The van der Waals surface area contributed by atoms with E-state index in [1.165, 1.54) is 12.1 Å². The highest BCUT2D eigenvalue weighted by Gasteiger charge is 2.36. The van der Waals surface area contributed by atoms with Crippen molar-refractivity contribution in [3.8, 4) is 5.75 Å². The monoisotopic (exact) mass is 672 g/mol. The molecule has 3 aromatic carbocycles. The van der Waals surface area contributed by atoms with Gasteiger partial charge in [-0.15, -0.1) is 0 Å². The molecule has 0 bridgehead atoms. The van der Waals surface area contributed by atoms with E-state index in [-0.39, 0.29) is 11.5 Å². The number of carbonyl (C=O) groups is 3. The van der Waals surface area contributed by atoms with Gasteiger partial charge in [-0.3, -0.25) is 19.3 Å². The Labute approximate surface area is 234 Å². The zero-order valence-corrected chi connectivity index (χ0v) is 22.9. The van der Waals surface area contributed by atoms with Gasteiger partial charge in [0.15, 0.2) is 17.5 Å². The van der Waals surface area contributed by atoms with E-state index < -0.39 is 52.6 Å². The molecule has 0 aliphatic carbocycles. The van der Waals surface area contributed by atoms with Crippen LogP contribution in [-0.4, -0.2) is 28.5 Å². The molecule has 3 aromatic rings. The lowest BCUT2D eigenvalue weighted by molar-refractivity contribution is -0.127. The summed E-state index contributed by atoms with van der Waals surface area (Å²) in [5.74, 6) is -6.58. The zero-order chi connectivity index (χ0) is 27.6. The Morgan fingerprint density at radius 2 is 1.66 bits per heavy atom. The molecule has 1 N–H and O–H groups in total. The summed E-state index contributed by atoms with van der Waals surface area (Å²) < 4.78 is 60.9. The molecule has 1 saturated heterocycles. The number of imide groups is 1. The predicted octanol–water partition coefficient (Wildman–Crippen LogP) is 7.02. The third kappa shape index (κ3) is 6.11. The Hall–Kier alpha value is -3.16. The quantitative estimate of drug-likeness (QED) is 0.166. The molecular weight excluding hydrogens is 660 g/mol. The minimum Gasteiger partial charge on any atom is -0.486 e. The standard InChI is InChI=1S/C25H14Br2F4N2O4S/c26-14-7-12(8-15(27)23(14)37-11-13-3-1-2-4-16(13)28)9-19-24(35)33(25(36)38-19)10-20(34)32-18-6-5-17(29)21(30)22(18)31/h1-9H,10-11H2,(H,32,34)/b19-9+. The molecule has 0 radical (unpaired) electrons. The van der Waals surface area contributed by atoms with Crippen LogP contribution in [0.1, 0.15) is 11.1 Å². The van der Waals surface area contributed by atoms with Gasteiger partial charge in [0.1, 0.15) is 24.7 Å². The Morgan fingerprint density at radius 1 is 0.974 bits per heavy atom. The Bertz CT molecular complexity index is 1480. The van der Waals surface area contributed by atoms with E-state index in [1.54, 1.807) is 30.3 Å². The average molecular weight is 674 g/mol.